The number of aliphatic hydroxyl groups is 2. The van der Waals surface area contributed by atoms with Crippen molar-refractivity contribution in [2.45, 2.75) is 26.4 Å². The summed E-state index contributed by atoms with van der Waals surface area (Å²) in [6.07, 6.45) is 2.82. The van der Waals surface area contributed by atoms with Gasteiger partial charge < -0.3 is 10.2 Å². The number of fused-ring (bicyclic) bond motifs is 1. The van der Waals surface area contributed by atoms with E-state index in [4.69, 9.17) is 5.11 Å². The minimum absolute atomic E-state index is 0.109. The molecule has 3 aliphatic carbocycles. The Morgan fingerprint density at radius 2 is 2.25 bits per heavy atom. The summed E-state index contributed by atoms with van der Waals surface area (Å²) in [5, 5.41) is 18.8. The molecule has 0 aromatic carbocycles. The minimum atomic E-state index is -0.202. The lowest BCUT2D eigenvalue weighted by Crippen LogP contribution is -2.60. The molecule has 0 aliphatic heterocycles. The van der Waals surface area contributed by atoms with E-state index in [0.29, 0.717) is 5.92 Å². The van der Waals surface area contributed by atoms with Crippen LogP contribution in [0.25, 0.3) is 0 Å². The van der Waals surface area contributed by atoms with Crippen molar-refractivity contribution in [3.05, 3.63) is 11.6 Å². The zero-order valence-corrected chi connectivity index (χ0v) is 7.62. The number of hydrogen-bond donors (Lipinski definition) is 2. The van der Waals surface area contributed by atoms with Crippen molar-refractivity contribution in [3.63, 3.8) is 0 Å². The Morgan fingerprint density at radius 3 is 2.58 bits per heavy atom. The molecule has 0 aromatic rings. The average Bonchev–Trinajstić information content (AvgIpc) is 2.04. The Bertz CT molecular complexity index is 230. The number of hydrogen-bond acceptors (Lipinski definition) is 2. The van der Waals surface area contributed by atoms with E-state index < -0.39 is 0 Å². The molecule has 2 nitrogen and oxygen atoms in total. The molecule has 0 radical (unpaired) electrons. The molecule has 0 aromatic heterocycles. The lowest BCUT2D eigenvalue weighted by molar-refractivity contribution is -0.147. The molecule has 3 atom stereocenters. The highest BCUT2D eigenvalue weighted by Crippen LogP contribution is 2.58. The largest absolute Gasteiger partial charge is 0.392 e. The summed E-state index contributed by atoms with van der Waals surface area (Å²) in [4.78, 5) is 0. The van der Waals surface area contributed by atoms with E-state index in [1.54, 1.807) is 0 Å². The second-order valence-corrected chi connectivity index (χ2v) is 4.57. The summed E-state index contributed by atoms with van der Waals surface area (Å²) in [5.41, 5.74) is 1.24. The van der Waals surface area contributed by atoms with Gasteiger partial charge in [-0.1, -0.05) is 19.9 Å². The van der Waals surface area contributed by atoms with Crippen molar-refractivity contribution in [1.82, 2.24) is 0 Å². The van der Waals surface area contributed by atoms with Gasteiger partial charge in [-0.3, -0.25) is 0 Å². The molecule has 0 saturated heterocycles. The van der Waals surface area contributed by atoms with Gasteiger partial charge in [0.05, 0.1) is 12.7 Å². The maximum atomic E-state index is 9.71. The number of aliphatic hydroxyl groups excluding tert-OH is 2. The molecule has 2 heteroatoms. The van der Waals surface area contributed by atoms with Crippen molar-refractivity contribution < 1.29 is 10.2 Å². The van der Waals surface area contributed by atoms with E-state index in [2.05, 4.69) is 19.9 Å². The minimum Gasteiger partial charge on any atom is -0.392 e. The van der Waals surface area contributed by atoms with Crippen LogP contribution in [0, 0.1) is 17.3 Å². The summed E-state index contributed by atoms with van der Waals surface area (Å²) in [6, 6.07) is 0. The van der Waals surface area contributed by atoms with Crippen LogP contribution >= 0.6 is 0 Å². The molecule has 12 heavy (non-hydrogen) atoms. The predicted molar refractivity (Wildman–Crippen MR) is 46.6 cm³/mol. The molecule has 0 amide bonds. The van der Waals surface area contributed by atoms with Crippen LogP contribution in [0.3, 0.4) is 0 Å². The molecule has 0 spiro atoms. The van der Waals surface area contributed by atoms with Crippen molar-refractivity contribution >= 4 is 0 Å². The third-order valence-electron chi connectivity index (χ3n) is 3.73. The second-order valence-electron chi connectivity index (χ2n) is 4.57. The first-order valence-corrected chi connectivity index (χ1v) is 4.57. The normalized spacial score (nSPS) is 43.3. The van der Waals surface area contributed by atoms with Gasteiger partial charge in [0.1, 0.15) is 0 Å². The van der Waals surface area contributed by atoms with Crippen LogP contribution in [0.15, 0.2) is 11.6 Å². The predicted octanol–water partition coefficient (Wildman–Crippen LogP) is 0.942. The van der Waals surface area contributed by atoms with Gasteiger partial charge >= 0.3 is 0 Å². The van der Waals surface area contributed by atoms with Crippen molar-refractivity contribution in [3.8, 4) is 0 Å². The summed E-state index contributed by atoms with van der Waals surface area (Å²) in [6.45, 7) is 4.47. The number of rotatable bonds is 1. The van der Waals surface area contributed by atoms with Gasteiger partial charge in [0.2, 0.25) is 0 Å². The van der Waals surface area contributed by atoms with Crippen LogP contribution in [-0.2, 0) is 0 Å². The first kappa shape index (κ1) is 8.27. The van der Waals surface area contributed by atoms with E-state index in [0.717, 1.165) is 12.0 Å². The Morgan fingerprint density at radius 1 is 1.58 bits per heavy atom. The fourth-order valence-corrected chi connectivity index (χ4v) is 2.93. The highest BCUT2D eigenvalue weighted by molar-refractivity contribution is 5.27. The van der Waals surface area contributed by atoms with Crippen molar-refractivity contribution in [2.24, 2.45) is 17.3 Å². The molecule has 0 heterocycles. The molecular formula is C10H16O2. The Kier molecular flexibility index (Phi) is 1.61. The first-order chi connectivity index (χ1) is 5.59. The van der Waals surface area contributed by atoms with Gasteiger partial charge in [-0.2, -0.15) is 0 Å². The molecular weight excluding hydrogens is 152 g/mol. The fraction of sp³-hybridized carbons (Fsp3) is 0.800. The highest BCUT2D eigenvalue weighted by atomic mass is 16.3. The van der Waals surface area contributed by atoms with Crippen LogP contribution in [-0.4, -0.2) is 22.9 Å². The SMILES string of the molecule is CC1(C)[C@@H]2C(CO)=CC[C@H]1[C@H]2O. The van der Waals surface area contributed by atoms with Crippen molar-refractivity contribution in [2.75, 3.05) is 6.61 Å². The highest BCUT2D eigenvalue weighted by Gasteiger charge is 2.58. The van der Waals surface area contributed by atoms with Gasteiger partial charge in [-0.15, -0.1) is 0 Å². The lowest BCUT2D eigenvalue weighted by Gasteiger charge is -2.59. The van der Waals surface area contributed by atoms with Gasteiger partial charge in [0.25, 0.3) is 0 Å². The van der Waals surface area contributed by atoms with Crippen LogP contribution < -0.4 is 0 Å². The van der Waals surface area contributed by atoms with E-state index >= 15 is 0 Å². The van der Waals surface area contributed by atoms with E-state index in [9.17, 15) is 5.11 Å². The van der Waals surface area contributed by atoms with Crippen LogP contribution in [0.4, 0.5) is 0 Å². The Labute approximate surface area is 72.9 Å². The van der Waals surface area contributed by atoms with Gasteiger partial charge in [0, 0.05) is 5.92 Å². The standard InChI is InChI=1S/C10H16O2/c1-10(2)7-4-3-6(5-11)8(10)9(7)12/h3,7-9,11-12H,4-5H2,1-2H3/t7-,8+,9+/m0/s1. The van der Waals surface area contributed by atoms with Crippen LogP contribution in [0.1, 0.15) is 20.3 Å². The van der Waals surface area contributed by atoms with Gasteiger partial charge in [0.15, 0.2) is 0 Å². The topological polar surface area (TPSA) is 40.5 Å². The lowest BCUT2D eigenvalue weighted by atomic mass is 9.47. The summed E-state index contributed by atoms with van der Waals surface area (Å²) < 4.78 is 0. The molecule has 0 unspecified atom stereocenters. The van der Waals surface area contributed by atoms with E-state index in [1.165, 1.54) is 0 Å². The maximum absolute atomic E-state index is 9.71. The fourth-order valence-electron chi connectivity index (χ4n) is 2.93. The number of allylic oxidation sites excluding steroid dienone is 1. The zero-order valence-electron chi connectivity index (χ0n) is 7.62. The summed E-state index contributed by atoms with van der Waals surface area (Å²) in [5.74, 6) is 0.624. The zero-order chi connectivity index (χ0) is 8.93. The van der Waals surface area contributed by atoms with Crippen LogP contribution in [0.2, 0.25) is 0 Å². The quantitative estimate of drug-likeness (QED) is 0.572. The van der Waals surface area contributed by atoms with Gasteiger partial charge in [-0.05, 0) is 23.3 Å². The monoisotopic (exact) mass is 168 g/mol. The molecule has 3 rings (SSSR count). The first-order valence-electron chi connectivity index (χ1n) is 4.57. The van der Waals surface area contributed by atoms with E-state index in [1.807, 2.05) is 0 Å². The molecule has 2 N–H and O–H groups in total. The summed E-state index contributed by atoms with van der Waals surface area (Å²) >= 11 is 0. The maximum Gasteiger partial charge on any atom is 0.0648 e. The third-order valence-corrected chi connectivity index (χ3v) is 3.73. The molecule has 2 bridgehead atoms. The third kappa shape index (κ3) is 0.771. The van der Waals surface area contributed by atoms with E-state index in [-0.39, 0.29) is 24.0 Å². The van der Waals surface area contributed by atoms with Gasteiger partial charge in [-0.25, -0.2) is 0 Å². The second kappa shape index (κ2) is 2.33. The molecule has 68 valence electrons. The molecule has 1 saturated carbocycles. The van der Waals surface area contributed by atoms with Crippen molar-refractivity contribution in [1.29, 1.82) is 0 Å². The molecule has 1 fully saturated rings. The average molecular weight is 168 g/mol. The molecule has 3 aliphatic rings. The summed E-state index contributed by atoms with van der Waals surface area (Å²) in [7, 11) is 0. The Balaban J connectivity index is 2.29. The van der Waals surface area contributed by atoms with Crippen LogP contribution in [0.5, 0.6) is 0 Å². The Hall–Kier alpha value is -0.340. The smallest absolute Gasteiger partial charge is 0.0648 e.